The SMILES string of the molecule is NC(=O)NCCC[C@@H](NC(N)=O)C(=O)[O-]. The van der Waals surface area contributed by atoms with Crippen molar-refractivity contribution in [3.8, 4) is 0 Å². The van der Waals surface area contributed by atoms with Gasteiger partial charge in [0.05, 0.1) is 12.0 Å². The Balaban J connectivity index is 3.81. The maximum absolute atomic E-state index is 10.5. The number of nitrogens with two attached hydrogens (primary N) is 2. The molecule has 0 unspecified atom stereocenters. The minimum Gasteiger partial charge on any atom is -0.548 e. The summed E-state index contributed by atoms with van der Waals surface area (Å²) in [5, 5.41) is 14.7. The fraction of sp³-hybridized carbons (Fsp3) is 0.571. The first-order valence-electron chi connectivity index (χ1n) is 4.23. The molecule has 0 radical (unpaired) electrons. The maximum atomic E-state index is 10.5. The molecule has 8 nitrogen and oxygen atoms in total. The molecule has 0 aliphatic rings. The van der Waals surface area contributed by atoms with Gasteiger partial charge in [0.25, 0.3) is 0 Å². The third-order valence-electron chi connectivity index (χ3n) is 1.57. The first-order valence-corrected chi connectivity index (χ1v) is 4.23. The van der Waals surface area contributed by atoms with Crippen molar-refractivity contribution in [2.24, 2.45) is 11.5 Å². The molecule has 1 atom stereocenters. The van der Waals surface area contributed by atoms with Gasteiger partial charge in [0, 0.05) is 6.54 Å². The Hall–Kier alpha value is -1.99. The molecule has 0 fully saturated rings. The van der Waals surface area contributed by atoms with E-state index < -0.39 is 24.1 Å². The first kappa shape index (κ1) is 13.0. The molecule has 0 aromatic carbocycles. The number of carbonyl (C=O) groups excluding carboxylic acids is 3. The van der Waals surface area contributed by atoms with Crippen LogP contribution in [-0.2, 0) is 4.79 Å². The Morgan fingerprint density at radius 2 is 1.80 bits per heavy atom. The second-order valence-corrected chi connectivity index (χ2v) is 2.81. The van der Waals surface area contributed by atoms with Gasteiger partial charge < -0.3 is 32.0 Å². The van der Waals surface area contributed by atoms with E-state index in [1.165, 1.54) is 0 Å². The third-order valence-corrected chi connectivity index (χ3v) is 1.57. The lowest BCUT2D eigenvalue weighted by molar-refractivity contribution is -0.308. The Morgan fingerprint density at radius 1 is 1.20 bits per heavy atom. The molecule has 8 heteroatoms. The van der Waals surface area contributed by atoms with Gasteiger partial charge in [0.1, 0.15) is 0 Å². The van der Waals surface area contributed by atoms with Gasteiger partial charge in [0.15, 0.2) is 0 Å². The molecule has 0 aromatic rings. The predicted octanol–water partition coefficient (Wildman–Crippen LogP) is -2.78. The zero-order chi connectivity index (χ0) is 11.8. The molecule has 4 amide bonds. The van der Waals surface area contributed by atoms with Gasteiger partial charge in [-0.25, -0.2) is 9.59 Å². The number of carboxylic acids is 1. The van der Waals surface area contributed by atoms with Crippen molar-refractivity contribution in [3.05, 3.63) is 0 Å². The molecule has 0 spiro atoms. The van der Waals surface area contributed by atoms with E-state index in [9.17, 15) is 19.5 Å². The number of urea groups is 2. The van der Waals surface area contributed by atoms with E-state index in [-0.39, 0.29) is 13.0 Å². The van der Waals surface area contributed by atoms with Crippen molar-refractivity contribution in [2.75, 3.05) is 6.54 Å². The number of primary amides is 2. The standard InChI is InChI=1S/C7H14N4O4/c8-6(14)10-3-1-2-4(5(12)13)11-7(9)15/h4H,1-3H2,(H,12,13)(H3,8,10,14)(H3,9,11,15)/p-1/t4-/m1/s1. The van der Waals surface area contributed by atoms with Crippen LogP contribution in [0.2, 0.25) is 0 Å². The summed E-state index contributed by atoms with van der Waals surface area (Å²) in [4.78, 5) is 31.1. The number of hydrogen-bond acceptors (Lipinski definition) is 4. The molecule has 15 heavy (non-hydrogen) atoms. The van der Waals surface area contributed by atoms with Crippen LogP contribution in [0.1, 0.15) is 12.8 Å². The van der Waals surface area contributed by atoms with Gasteiger partial charge in [-0.15, -0.1) is 0 Å². The maximum Gasteiger partial charge on any atom is 0.312 e. The van der Waals surface area contributed by atoms with E-state index in [1.54, 1.807) is 0 Å². The monoisotopic (exact) mass is 217 g/mol. The highest BCUT2D eigenvalue weighted by atomic mass is 16.4. The van der Waals surface area contributed by atoms with Crippen LogP contribution in [0.5, 0.6) is 0 Å². The smallest absolute Gasteiger partial charge is 0.312 e. The van der Waals surface area contributed by atoms with Gasteiger partial charge in [-0.1, -0.05) is 0 Å². The zero-order valence-corrected chi connectivity index (χ0v) is 7.99. The minimum atomic E-state index is -1.42. The fourth-order valence-corrected chi connectivity index (χ4v) is 0.938. The molecular weight excluding hydrogens is 204 g/mol. The molecule has 0 bridgehead atoms. The van der Waals surface area contributed by atoms with Crippen LogP contribution in [0.25, 0.3) is 0 Å². The van der Waals surface area contributed by atoms with Crippen LogP contribution in [0.15, 0.2) is 0 Å². The summed E-state index contributed by atoms with van der Waals surface area (Å²) in [7, 11) is 0. The van der Waals surface area contributed by atoms with Crippen molar-refractivity contribution >= 4 is 18.0 Å². The number of hydrogen-bond donors (Lipinski definition) is 4. The van der Waals surface area contributed by atoms with E-state index in [0.29, 0.717) is 6.42 Å². The molecule has 0 aliphatic carbocycles. The number of amides is 4. The van der Waals surface area contributed by atoms with Crippen molar-refractivity contribution in [3.63, 3.8) is 0 Å². The third kappa shape index (κ3) is 7.11. The summed E-state index contributed by atoms with van der Waals surface area (Å²) < 4.78 is 0. The van der Waals surface area contributed by atoms with E-state index in [1.807, 2.05) is 5.32 Å². The largest absolute Gasteiger partial charge is 0.548 e. The lowest BCUT2D eigenvalue weighted by Gasteiger charge is -2.18. The highest BCUT2D eigenvalue weighted by Gasteiger charge is 2.10. The molecule has 0 saturated carbocycles. The summed E-state index contributed by atoms with van der Waals surface area (Å²) in [6.07, 6.45) is 0.438. The number of aliphatic carboxylic acids is 1. The van der Waals surface area contributed by atoms with Crippen molar-refractivity contribution in [1.29, 1.82) is 0 Å². The summed E-state index contributed by atoms with van der Waals surface area (Å²) in [5.74, 6) is -1.42. The van der Waals surface area contributed by atoms with Crippen molar-refractivity contribution < 1.29 is 19.5 Å². The van der Waals surface area contributed by atoms with E-state index in [2.05, 4.69) is 5.32 Å². The second kappa shape index (κ2) is 6.46. The first-order chi connectivity index (χ1) is 6.93. The van der Waals surface area contributed by atoms with Crippen LogP contribution < -0.4 is 27.2 Å². The van der Waals surface area contributed by atoms with Gasteiger partial charge in [0.2, 0.25) is 0 Å². The highest BCUT2D eigenvalue weighted by Crippen LogP contribution is 1.95. The van der Waals surface area contributed by atoms with Gasteiger partial charge in [-0.2, -0.15) is 0 Å². The average molecular weight is 217 g/mol. The predicted molar refractivity (Wildman–Crippen MR) is 48.3 cm³/mol. The number of carboxylic acid groups (broad SMARTS) is 1. The lowest BCUT2D eigenvalue weighted by Crippen LogP contribution is -2.49. The molecule has 0 heterocycles. The Morgan fingerprint density at radius 3 is 2.20 bits per heavy atom. The normalized spacial score (nSPS) is 11.5. The summed E-state index contributed by atoms with van der Waals surface area (Å²) in [5.41, 5.74) is 9.53. The number of carbonyl (C=O) groups is 3. The lowest BCUT2D eigenvalue weighted by atomic mass is 10.1. The van der Waals surface area contributed by atoms with E-state index >= 15 is 0 Å². The second-order valence-electron chi connectivity index (χ2n) is 2.81. The molecule has 0 saturated heterocycles. The number of rotatable bonds is 6. The van der Waals surface area contributed by atoms with E-state index in [4.69, 9.17) is 11.5 Å². The summed E-state index contributed by atoms with van der Waals surface area (Å²) in [6.45, 7) is 0.222. The Labute approximate surface area is 86.0 Å². The Kier molecular flexibility index (Phi) is 5.60. The van der Waals surface area contributed by atoms with Crippen LogP contribution in [0.4, 0.5) is 9.59 Å². The molecule has 0 rings (SSSR count). The zero-order valence-electron chi connectivity index (χ0n) is 7.99. The summed E-state index contributed by atoms with van der Waals surface area (Å²) >= 11 is 0. The summed E-state index contributed by atoms with van der Waals surface area (Å²) in [6, 6.07) is -2.79. The van der Waals surface area contributed by atoms with Crippen LogP contribution in [0, 0.1) is 0 Å². The molecular formula is C7H13N4O4-. The van der Waals surface area contributed by atoms with E-state index in [0.717, 1.165) is 0 Å². The minimum absolute atomic E-state index is 0.103. The molecule has 86 valence electrons. The van der Waals surface area contributed by atoms with Crippen molar-refractivity contribution in [2.45, 2.75) is 18.9 Å². The quantitative estimate of drug-likeness (QED) is 0.356. The van der Waals surface area contributed by atoms with Gasteiger partial charge >= 0.3 is 12.1 Å². The topological polar surface area (TPSA) is 150 Å². The van der Waals surface area contributed by atoms with Crippen LogP contribution in [0.3, 0.4) is 0 Å². The molecule has 6 N–H and O–H groups in total. The molecule has 0 aromatic heterocycles. The Bertz CT molecular complexity index is 255. The fourth-order valence-electron chi connectivity index (χ4n) is 0.938. The van der Waals surface area contributed by atoms with Crippen LogP contribution in [-0.4, -0.2) is 30.6 Å². The number of nitrogens with one attached hydrogen (secondary N) is 2. The van der Waals surface area contributed by atoms with Gasteiger partial charge in [-0.05, 0) is 12.8 Å². The molecule has 0 aliphatic heterocycles. The average Bonchev–Trinajstić information content (AvgIpc) is 2.08. The van der Waals surface area contributed by atoms with Crippen molar-refractivity contribution in [1.82, 2.24) is 10.6 Å². The van der Waals surface area contributed by atoms with Crippen LogP contribution >= 0.6 is 0 Å². The van der Waals surface area contributed by atoms with Gasteiger partial charge in [-0.3, -0.25) is 0 Å². The highest BCUT2D eigenvalue weighted by molar-refractivity contribution is 5.80.